The van der Waals surface area contributed by atoms with Gasteiger partial charge < -0.3 is 5.32 Å². The van der Waals surface area contributed by atoms with E-state index in [0.717, 1.165) is 40.1 Å². The van der Waals surface area contributed by atoms with Crippen molar-refractivity contribution in [1.82, 2.24) is 19.9 Å². The van der Waals surface area contributed by atoms with Crippen LogP contribution in [0.25, 0.3) is 5.82 Å². The molecule has 26 heavy (non-hydrogen) atoms. The lowest BCUT2D eigenvalue weighted by Gasteiger charge is -2.16. The standard InChI is InChI=1S/C20H19BrN4O/c1-14-22-10-11-25(14)18-12-15(6-9-23-18)13-24-19(26)20(7-8-20)16-2-4-17(21)5-3-16/h2-6,9-12H,7-8,13H2,1H3,(H,24,26). The number of hydrogen-bond donors (Lipinski definition) is 1. The van der Waals surface area contributed by atoms with Crippen molar-refractivity contribution in [1.29, 1.82) is 0 Å². The second kappa shape index (κ2) is 6.68. The molecular formula is C20H19BrN4O. The monoisotopic (exact) mass is 410 g/mol. The smallest absolute Gasteiger partial charge is 0.230 e. The number of aromatic nitrogens is 3. The van der Waals surface area contributed by atoms with Crippen LogP contribution >= 0.6 is 15.9 Å². The lowest BCUT2D eigenvalue weighted by Crippen LogP contribution is -2.34. The van der Waals surface area contributed by atoms with E-state index in [4.69, 9.17) is 0 Å². The van der Waals surface area contributed by atoms with Crippen molar-refractivity contribution in [3.63, 3.8) is 0 Å². The summed E-state index contributed by atoms with van der Waals surface area (Å²) in [6, 6.07) is 12.0. The summed E-state index contributed by atoms with van der Waals surface area (Å²) in [7, 11) is 0. The first-order valence-corrected chi connectivity index (χ1v) is 9.37. The minimum atomic E-state index is -0.364. The van der Waals surface area contributed by atoms with Crippen LogP contribution in [0.15, 0.2) is 59.5 Å². The SMILES string of the molecule is Cc1nccn1-c1cc(CNC(=O)C2(c3ccc(Br)cc3)CC2)ccn1. The van der Waals surface area contributed by atoms with Crippen molar-refractivity contribution in [3.05, 3.63) is 76.4 Å². The summed E-state index contributed by atoms with van der Waals surface area (Å²) in [4.78, 5) is 21.4. The van der Waals surface area contributed by atoms with Crippen LogP contribution in [0, 0.1) is 6.92 Å². The Bertz CT molecular complexity index is 944. The topological polar surface area (TPSA) is 59.8 Å². The summed E-state index contributed by atoms with van der Waals surface area (Å²) < 4.78 is 2.95. The first-order valence-electron chi connectivity index (χ1n) is 8.58. The van der Waals surface area contributed by atoms with Crippen molar-refractivity contribution in [3.8, 4) is 5.82 Å². The van der Waals surface area contributed by atoms with Crippen LogP contribution in [-0.2, 0) is 16.8 Å². The molecule has 132 valence electrons. The molecule has 0 radical (unpaired) electrons. The number of imidazole rings is 1. The number of benzene rings is 1. The quantitative estimate of drug-likeness (QED) is 0.697. The number of rotatable bonds is 5. The number of pyridine rings is 1. The Morgan fingerprint density at radius 2 is 1.96 bits per heavy atom. The number of hydrogen-bond acceptors (Lipinski definition) is 3. The van der Waals surface area contributed by atoms with Crippen LogP contribution in [0.3, 0.4) is 0 Å². The van der Waals surface area contributed by atoms with Gasteiger partial charge in [0, 0.05) is 29.6 Å². The molecule has 4 rings (SSSR count). The lowest BCUT2D eigenvalue weighted by molar-refractivity contribution is -0.123. The van der Waals surface area contributed by atoms with Crippen molar-refractivity contribution >= 4 is 21.8 Å². The highest BCUT2D eigenvalue weighted by atomic mass is 79.9. The normalized spacial score (nSPS) is 14.8. The van der Waals surface area contributed by atoms with E-state index in [1.807, 2.05) is 54.1 Å². The van der Waals surface area contributed by atoms with E-state index in [2.05, 4.69) is 31.2 Å². The van der Waals surface area contributed by atoms with Crippen molar-refractivity contribution < 1.29 is 4.79 Å². The third-order valence-electron chi connectivity index (χ3n) is 4.92. The number of nitrogens with zero attached hydrogens (tertiary/aromatic N) is 3. The summed E-state index contributed by atoms with van der Waals surface area (Å²) >= 11 is 3.45. The highest BCUT2D eigenvalue weighted by Gasteiger charge is 2.50. The number of aryl methyl sites for hydroxylation is 1. The zero-order valence-corrected chi connectivity index (χ0v) is 16.0. The molecule has 6 heteroatoms. The maximum atomic E-state index is 12.8. The van der Waals surface area contributed by atoms with Crippen LogP contribution in [0.4, 0.5) is 0 Å². The Balaban J connectivity index is 1.47. The van der Waals surface area contributed by atoms with Crippen LogP contribution < -0.4 is 5.32 Å². The zero-order chi connectivity index (χ0) is 18.1. The number of amides is 1. The van der Waals surface area contributed by atoms with Gasteiger partial charge in [-0.1, -0.05) is 28.1 Å². The predicted octanol–water partition coefficient (Wildman–Crippen LogP) is 3.69. The van der Waals surface area contributed by atoms with Crippen molar-refractivity contribution in [2.45, 2.75) is 31.7 Å². The lowest BCUT2D eigenvalue weighted by atomic mass is 9.95. The molecule has 1 N–H and O–H groups in total. The molecule has 1 fully saturated rings. The van der Waals surface area contributed by atoms with Gasteiger partial charge in [0.15, 0.2) is 0 Å². The van der Waals surface area contributed by atoms with Crippen LogP contribution in [0.5, 0.6) is 0 Å². The summed E-state index contributed by atoms with van der Waals surface area (Å²) in [5.74, 6) is 1.78. The second-order valence-corrected chi connectivity index (χ2v) is 7.55. The Kier molecular flexibility index (Phi) is 4.36. The third kappa shape index (κ3) is 3.17. The molecule has 1 aliphatic rings. The van der Waals surface area contributed by atoms with Gasteiger partial charge in [0.2, 0.25) is 5.91 Å². The summed E-state index contributed by atoms with van der Waals surface area (Å²) in [6.07, 6.45) is 7.19. The number of carbonyl (C=O) groups is 1. The molecule has 0 aliphatic heterocycles. The Hall–Kier alpha value is -2.47. The summed E-state index contributed by atoms with van der Waals surface area (Å²) in [5.41, 5.74) is 1.74. The molecule has 0 saturated heterocycles. The Labute approximate surface area is 160 Å². The molecule has 1 saturated carbocycles. The fraction of sp³-hybridized carbons (Fsp3) is 0.250. The van der Waals surface area contributed by atoms with Crippen LogP contribution in [-0.4, -0.2) is 20.4 Å². The Morgan fingerprint density at radius 3 is 2.62 bits per heavy atom. The maximum Gasteiger partial charge on any atom is 0.230 e. The zero-order valence-electron chi connectivity index (χ0n) is 14.4. The van der Waals surface area contributed by atoms with Gasteiger partial charge >= 0.3 is 0 Å². The van der Waals surface area contributed by atoms with Gasteiger partial charge in [-0.25, -0.2) is 9.97 Å². The number of halogens is 1. The molecule has 0 unspecified atom stereocenters. The van der Waals surface area contributed by atoms with Crippen molar-refractivity contribution in [2.24, 2.45) is 0 Å². The number of nitrogens with one attached hydrogen (secondary N) is 1. The minimum absolute atomic E-state index is 0.0944. The van der Waals surface area contributed by atoms with E-state index in [1.54, 1.807) is 12.4 Å². The minimum Gasteiger partial charge on any atom is -0.351 e. The molecule has 0 spiro atoms. The van der Waals surface area contributed by atoms with E-state index < -0.39 is 0 Å². The molecule has 0 bridgehead atoms. The first-order chi connectivity index (χ1) is 12.6. The molecule has 2 aromatic heterocycles. The fourth-order valence-corrected chi connectivity index (χ4v) is 3.48. The van der Waals surface area contributed by atoms with E-state index >= 15 is 0 Å². The maximum absolute atomic E-state index is 12.8. The molecular weight excluding hydrogens is 392 g/mol. The molecule has 1 amide bonds. The first kappa shape index (κ1) is 17.0. The summed E-state index contributed by atoms with van der Waals surface area (Å²) in [6.45, 7) is 2.42. The van der Waals surface area contributed by atoms with E-state index in [1.165, 1.54) is 0 Å². The van der Waals surface area contributed by atoms with Crippen LogP contribution in [0.2, 0.25) is 0 Å². The molecule has 0 atom stereocenters. The van der Waals surface area contributed by atoms with Gasteiger partial charge in [-0.2, -0.15) is 0 Å². The van der Waals surface area contributed by atoms with Gasteiger partial charge in [-0.15, -0.1) is 0 Å². The van der Waals surface area contributed by atoms with Crippen LogP contribution in [0.1, 0.15) is 29.8 Å². The highest BCUT2D eigenvalue weighted by molar-refractivity contribution is 9.10. The second-order valence-electron chi connectivity index (χ2n) is 6.64. The van der Waals surface area contributed by atoms with E-state index in [-0.39, 0.29) is 11.3 Å². The van der Waals surface area contributed by atoms with Gasteiger partial charge in [-0.05, 0) is 55.2 Å². The average molecular weight is 411 g/mol. The molecule has 2 heterocycles. The molecule has 5 nitrogen and oxygen atoms in total. The fourth-order valence-electron chi connectivity index (χ4n) is 3.21. The van der Waals surface area contributed by atoms with Gasteiger partial charge in [0.05, 0.1) is 5.41 Å². The summed E-state index contributed by atoms with van der Waals surface area (Å²) in [5, 5.41) is 3.10. The molecule has 1 aliphatic carbocycles. The predicted molar refractivity (Wildman–Crippen MR) is 103 cm³/mol. The Morgan fingerprint density at radius 1 is 1.19 bits per heavy atom. The largest absolute Gasteiger partial charge is 0.351 e. The van der Waals surface area contributed by atoms with Crippen molar-refractivity contribution in [2.75, 3.05) is 0 Å². The molecule has 3 aromatic rings. The van der Waals surface area contributed by atoms with Gasteiger partial charge in [0.25, 0.3) is 0 Å². The van der Waals surface area contributed by atoms with Gasteiger partial charge in [0.1, 0.15) is 11.6 Å². The van der Waals surface area contributed by atoms with E-state index in [0.29, 0.717) is 6.54 Å². The van der Waals surface area contributed by atoms with Gasteiger partial charge in [-0.3, -0.25) is 9.36 Å². The third-order valence-corrected chi connectivity index (χ3v) is 5.45. The highest BCUT2D eigenvalue weighted by Crippen LogP contribution is 2.48. The molecule has 1 aromatic carbocycles. The average Bonchev–Trinajstić information content (AvgIpc) is 3.36. The number of carbonyl (C=O) groups excluding carboxylic acids is 1. The van der Waals surface area contributed by atoms with E-state index in [9.17, 15) is 4.79 Å².